The topological polar surface area (TPSA) is 93.2 Å². The molecule has 0 saturated carbocycles. The lowest BCUT2D eigenvalue weighted by atomic mass is 10.1. The average molecular weight is 434 g/mol. The van der Waals surface area contributed by atoms with Crippen LogP contribution >= 0.6 is 11.8 Å². The van der Waals surface area contributed by atoms with Gasteiger partial charge >= 0.3 is 5.97 Å². The number of pyridine rings is 1. The van der Waals surface area contributed by atoms with Crippen molar-refractivity contribution >= 4 is 17.7 Å². The Morgan fingerprint density at radius 1 is 1.20 bits per heavy atom. The zero-order chi connectivity index (χ0) is 21.2. The van der Waals surface area contributed by atoms with Gasteiger partial charge in [-0.2, -0.15) is 0 Å². The van der Waals surface area contributed by atoms with E-state index in [0.29, 0.717) is 37.5 Å². The molecule has 3 rings (SSSR count). The highest BCUT2D eigenvalue weighted by molar-refractivity contribution is 7.99. The maximum atomic E-state index is 12.1. The fraction of sp³-hybridized carbons (Fsp3) is 0.429. The van der Waals surface area contributed by atoms with Crippen molar-refractivity contribution in [3.8, 4) is 5.88 Å². The van der Waals surface area contributed by atoms with Gasteiger partial charge in [-0.25, -0.2) is 9.78 Å². The number of methoxy groups -OCH3 is 1. The van der Waals surface area contributed by atoms with Crippen molar-refractivity contribution < 1.29 is 24.3 Å². The van der Waals surface area contributed by atoms with Gasteiger partial charge in [-0.1, -0.05) is 17.8 Å². The Morgan fingerprint density at radius 2 is 2.00 bits per heavy atom. The summed E-state index contributed by atoms with van der Waals surface area (Å²) in [7, 11) is 1.63. The molecule has 1 aliphatic rings. The minimum absolute atomic E-state index is 0.316. The zero-order valence-electron chi connectivity index (χ0n) is 17.0. The summed E-state index contributed by atoms with van der Waals surface area (Å²) < 4.78 is 10.5. The van der Waals surface area contributed by atoms with Crippen molar-refractivity contribution in [1.29, 1.82) is 0 Å². The lowest BCUT2D eigenvalue weighted by molar-refractivity contribution is -0.128. The normalized spacial score (nSPS) is 14.1. The summed E-state index contributed by atoms with van der Waals surface area (Å²) >= 11 is 1.82. The first-order valence-electron chi connectivity index (χ1n) is 9.85. The van der Waals surface area contributed by atoms with Gasteiger partial charge in [0.2, 0.25) is 5.88 Å². The van der Waals surface area contributed by atoms with Crippen molar-refractivity contribution in [2.75, 3.05) is 32.6 Å². The molecule has 1 aliphatic heterocycles. The van der Waals surface area contributed by atoms with E-state index in [0.717, 1.165) is 36.6 Å². The molecule has 0 atom stereocenters. The van der Waals surface area contributed by atoms with Crippen molar-refractivity contribution in [1.82, 2.24) is 15.5 Å². The molecule has 162 valence electrons. The molecule has 0 radical (unpaired) electrons. The molecule has 1 aromatic carbocycles. The van der Waals surface area contributed by atoms with E-state index in [2.05, 4.69) is 20.8 Å². The first kappa shape index (κ1) is 22.5. The van der Waals surface area contributed by atoms with Gasteiger partial charge in [-0.05, 0) is 36.6 Å². The molecule has 2 N–H and O–H groups in total. The van der Waals surface area contributed by atoms with Gasteiger partial charge in [-0.15, -0.1) is 11.8 Å². The number of unbranched alkanes of at least 4 members (excludes halogenated alkanes) is 1. The SMILES string of the molecule is COc1ccc2c(n1)CN(Cc1ccc(C(=O)OCCCCONO)cc1)CCS2. The first-order chi connectivity index (χ1) is 14.7. The number of hydrogen-bond donors (Lipinski definition) is 2. The van der Waals surface area contributed by atoms with Crippen LogP contribution in [0.2, 0.25) is 0 Å². The number of carbonyl (C=O) groups excluding carboxylic acids is 1. The Balaban J connectivity index is 1.50. The first-order valence-corrected chi connectivity index (χ1v) is 10.8. The standard InChI is InChI=1S/C21H27N3O5S/c1-27-20-9-8-19-18(22-20)15-24(10-13-30-19)14-16-4-6-17(7-5-16)21(25)28-11-2-3-12-29-23-26/h4-9,23,26H,2-3,10-15H2,1H3. The smallest absolute Gasteiger partial charge is 0.338 e. The summed E-state index contributed by atoms with van der Waals surface area (Å²) in [6, 6.07) is 11.5. The summed E-state index contributed by atoms with van der Waals surface area (Å²) in [6.07, 6.45) is 1.34. The van der Waals surface area contributed by atoms with Crippen molar-refractivity contribution in [3.05, 3.63) is 53.2 Å². The third-order valence-electron chi connectivity index (χ3n) is 4.69. The van der Waals surface area contributed by atoms with Crippen LogP contribution in [-0.2, 0) is 22.7 Å². The number of hydrogen-bond acceptors (Lipinski definition) is 9. The molecule has 0 amide bonds. The molecule has 0 unspecified atom stereocenters. The van der Waals surface area contributed by atoms with Crippen molar-refractivity contribution in [3.63, 3.8) is 0 Å². The molecule has 2 heterocycles. The minimum Gasteiger partial charge on any atom is -0.481 e. The van der Waals surface area contributed by atoms with E-state index < -0.39 is 0 Å². The Labute approximate surface area is 180 Å². The second-order valence-electron chi connectivity index (χ2n) is 6.84. The number of carbonyl (C=O) groups is 1. The van der Waals surface area contributed by atoms with E-state index in [4.69, 9.17) is 14.7 Å². The minimum atomic E-state index is -0.334. The lowest BCUT2D eigenvalue weighted by Gasteiger charge is -2.20. The Bertz CT molecular complexity index is 819. The number of thioether (sulfide) groups is 1. The molecule has 8 nitrogen and oxygen atoms in total. The Morgan fingerprint density at radius 3 is 2.77 bits per heavy atom. The largest absolute Gasteiger partial charge is 0.481 e. The summed E-state index contributed by atoms with van der Waals surface area (Å²) in [5, 5.41) is 8.29. The molecular formula is C21H27N3O5S. The molecule has 0 bridgehead atoms. The molecular weight excluding hydrogens is 406 g/mol. The molecule has 30 heavy (non-hydrogen) atoms. The average Bonchev–Trinajstić information content (AvgIpc) is 2.97. The van der Waals surface area contributed by atoms with Gasteiger partial charge in [0.05, 0.1) is 31.6 Å². The van der Waals surface area contributed by atoms with E-state index in [1.165, 1.54) is 4.90 Å². The number of fused-ring (bicyclic) bond motifs is 1. The fourth-order valence-electron chi connectivity index (χ4n) is 3.11. The van der Waals surface area contributed by atoms with E-state index in [1.54, 1.807) is 24.9 Å². The van der Waals surface area contributed by atoms with E-state index in [9.17, 15) is 4.79 Å². The highest BCUT2D eigenvalue weighted by Crippen LogP contribution is 2.28. The summed E-state index contributed by atoms with van der Waals surface area (Å²) in [5.74, 6) is 1.31. The second kappa shape index (κ2) is 11.9. The van der Waals surface area contributed by atoms with Crippen LogP contribution in [-0.4, -0.2) is 53.7 Å². The molecule has 2 aromatic rings. The van der Waals surface area contributed by atoms with Gasteiger partial charge in [0.15, 0.2) is 0 Å². The number of aromatic nitrogens is 1. The van der Waals surface area contributed by atoms with E-state index in [1.807, 2.05) is 30.0 Å². The van der Waals surface area contributed by atoms with Crippen LogP contribution in [0.15, 0.2) is 41.3 Å². The quantitative estimate of drug-likeness (QED) is 0.333. The van der Waals surface area contributed by atoms with Gasteiger partial charge in [0, 0.05) is 36.3 Å². The van der Waals surface area contributed by atoms with Crippen LogP contribution in [0.3, 0.4) is 0 Å². The monoisotopic (exact) mass is 433 g/mol. The predicted octanol–water partition coefficient (Wildman–Crippen LogP) is 3.05. The molecule has 0 spiro atoms. The third kappa shape index (κ3) is 6.68. The maximum Gasteiger partial charge on any atom is 0.338 e. The molecule has 0 fully saturated rings. The Hall–Kier alpha value is -2.17. The van der Waals surface area contributed by atoms with Crippen LogP contribution in [0.1, 0.15) is 34.5 Å². The predicted molar refractivity (Wildman–Crippen MR) is 112 cm³/mol. The fourth-order valence-corrected chi connectivity index (χ4v) is 4.12. The van der Waals surface area contributed by atoms with Crippen LogP contribution in [0.25, 0.3) is 0 Å². The lowest BCUT2D eigenvalue weighted by Crippen LogP contribution is -2.24. The number of nitrogens with one attached hydrogen (secondary N) is 1. The highest BCUT2D eigenvalue weighted by atomic mass is 32.2. The van der Waals surface area contributed by atoms with Gasteiger partial charge in [0.1, 0.15) is 0 Å². The van der Waals surface area contributed by atoms with E-state index >= 15 is 0 Å². The zero-order valence-corrected chi connectivity index (χ0v) is 17.8. The maximum absolute atomic E-state index is 12.1. The number of ether oxygens (including phenoxy) is 2. The Kier molecular flexibility index (Phi) is 8.91. The number of rotatable bonds is 10. The number of benzene rings is 1. The van der Waals surface area contributed by atoms with Crippen molar-refractivity contribution in [2.45, 2.75) is 30.8 Å². The van der Waals surface area contributed by atoms with Gasteiger partial charge in [-0.3, -0.25) is 14.9 Å². The number of nitrogens with zero attached hydrogens (tertiary/aromatic N) is 2. The molecule has 9 heteroatoms. The molecule has 1 aromatic heterocycles. The number of esters is 1. The summed E-state index contributed by atoms with van der Waals surface area (Å²) in [4.78, 5) is 24.9. The summed E-state index contributed by atoms with van der Waals surface area (Å²) in [5.41, 5.74) is 4.33. The van der Waals surface area contributed by atoms with Crippen molar-refractivity contribution in [2.24, 2.45) is 0 Å². The van der Waals surface area contributed by atoms with Crippen LogP contribution in [0, 0.1) is 0 Å². The van der Waals surface area contributed by atoms with Gasteiger partial charge < -0.3 is 9.47 Å². The third-order valence-corrected chi connectivity index (χ3v) is 5.76. The van der Waals surface area contributed by atoms with Crippen LogP contribution in [0.5, 0.6) is 5.88 Å². The van der Waals surface area contributed by atoms with Gasteiger partial charge in [0.25, 0.3) is 0 Å². The summed E-state index contributed by atoms with van der Waals surface area (Å²) in [6.45, 7) is 3.18. The highest BCUT2D eigenvalue weighted by Gasteiger charge is 2.17. The molecule has 0 aliphatic carbocycles. The van der Waals surface area contributed by atoms with E-state index in [-0.39, 0.29) is 5.97 Å². The molecule has 0 saturated heterocycles. The second-order valence-corrected chi connectivity index (χ2v) is 7.97. The van der Waals surface area contributed by atoms with Crippen LogP contribution in [0.4, 0.5) is 0 Å². The van der Waals surface area contributed by atoms with Crippen LogP contribution < -0.4 is 10.4 Å².